The van der Waals surface area contributed by atoms with Gasteiger partial charge >= 0.3 is 13.7 Å². The summed E-state index contributed by atoms with van der Waals surface area (Å²) < 4.78 is 43.0. The molecule has 6 atom stereocenters. The summed E-state index contributed by atoms with van der Waals surface area (Å²) in [6.07, 6.45) is -2.32. The van der Waals surface area contributed by atoms with Crippen molar-refractivity contribution in [3.63, 3.8) is 0 Å². The Morgan fingerprint density at radius 1 is 1.32 bits per heavy atom. The molecule has 1 fully saturated rings. The lowest BCUT2D eigenvalue weighted by molar-refractivity contribution is -0.143. The van der Waals surface area contributed by atoms with Crippen molar-refractivity contribution in [3.05, 3.63) is 36.7 Å². The fourth-order valence-corrected chi connectivity index (χ4v) is 6.06. The number of nitrogens with two attached hydrogens (primary N) is 1. The Hall–Kier alpha value is -3.80. The molecule has 0 saturated carbocycles. The molecule has 2 aromatic heterocycles. The maximum absolute atomic E-state index is 14.0. The van der Waals surface area contributed by atoms with Crippen LogP contribution >= 0.6 is 7.75 Å². The zero-order chi connectivity index (χ0) is 29.9. The summed E-state index contributed by atoms with van der Waals surface area (Å²) in [5.74, 6) is -0.778. The molecule has 1 aliphatic rings. The van der Waals surface area contributed by atoms with Gasteiger partial charge < -0.3 is 29.6 Å². The number of fused-ring (bicyclic) bond motifs is 1. The highest BCUT2D eigenvalue weighted by Crippen LogP contribution is 2.50. The lowest BCUT2D eigenvalue weighted by atomic mass is 9.84. The zero-order valence-corrected chi connectivity index (χ0v) is 24.0. The van der Waals surface area contributed by atoms with Crippen LogP contribution in [-0.2, 0) is 23.4 Å². The van der Waals surface area contributed by atoms with Gasteiger partial charge in [0.25, 0.3) is 0 Å². The molecule has 1 unspecified atom stereocenters. The van der Waals surface area contributed by atoms with Crippen molar-refractivity contribution in [2.75, 3.05) is 26.6 Å². The Kier molecular flexibility index (Phi) is 8.81. The number of carbonyl (C=O) groups excluding carboxylic acids is 1. The number of aromatic nitrogens is 4. The number of carbonyl (C=O) groups is 1. The Morgan fingerprint density at radius 3 is 2.63 bits per heavy atom. The highest BCUT2D eigenvalue weighted by atomic mass is 31.2. The molecule has 41 heavy (non-hydrogen) atoms. The fraction of sp³-hybridized carbons (Fsp3) is 0.480. The number of hydrogen-bond donors (Lipinski definition) is 3. The van der Waals surface area contributed by atoms with E-state index in [1.807, 2.05) is 0 Å². The van der Waals surface area contributed by atoms with E-state index in [0.717, 1.165) is 0 Å². The number of anilines is 1. The van der Waals surface area contributed by atoms with Crippen molar-refractivity contribution in [1.82, 2.24) is 24.6 Å². The Labute approximate surface area is 236 Å². The third-order valence-electron chi connectivity index (χ3n) is 6.67. The maximum Gasteiger partial charge on any atom is 0.459 e. The quantitative estimate of drug-likeness (QED) is 0.217. The summed E-state index contributed by atoms with van der Waals surface area (Å²) in [7, 11) is -1.67. The van der Waals surface area contributed by atoms with Gasteiger partial charge in [0.15, 0.2) is 17.4 Å². The number of ether oxygens (including phenoxy) is 3. The van der Waals surface area contributed by atoms with Crippen LogP contribution in [0, 0.1) is 22.7 Å². The second-order valence-electron chi connectivity index (χ2n) is 9.85. The first kappa shape index (κ1) is 30.2. The van der Waals surface area contributed by atoms with E-state index in [9.17, 15) is 19.7 Å². The summed E-state index contributed by atoms with van der Waals surface area (Å²) >= 11 is 0. The van der Waals surface area contributed by atoms with Gasteiger partial charge in [-0.25, -0.2) is 9.55 Å². The standard InChI is InChI=1S/C25H32N7O8P/c1-14(2)17(22(34)37-5)31-41(35,40-15-9-7-6-8-10-15)38-11-16-19(33)25(3,12-26)23(39-16)32-13-28-18-20(32)29-24(27)30-21(18)36-4/h6-10,13-14,16-17,19,23,33H,11H2,1-5H3,(H,31,35)(H2,27,29,30)/t16-,17+,19-,23-,25-,41?/m1/s1. The number of esters is 1. The smallest absolute Gasteiger partial charge is 0.459 e. The number of hydrogen-bond acceptors (Lipinski definition) is 13. The first-order valence-corrected chi connectivity index (χ1v) is 14.1. The third kappa shape index (κ3) is 5.97. The molecule has 0 radical (unpaired) electrons. The fourth-order valence-electron chi connectivity index (χ4n) is 4.39. The van der Waals surface area contributed by atoms with Crippen LogP contribution in [0.4, 0.5) is 5.95 Å². The Balaban J connectivity index is 1.63. The largest absolute Gasteiger partial charge is 0.479 e. The van der Waals surface area contributed by atoms with Crippen LogP contribution in [0.2, 0.25) is 0 Å². The van der Waals surface area contributed by atoms with Crippen molar-refractivity contribution < 1.29 is 37.7 Å². The third-order valence-corrected chi connectivity index (χ3v) is 8.21. The van der Waals surface area contributed by atoms with E-state index in [1.54, 1.807) is 44.2 Å². The van der Waals surface area contributed by atoms with Gasteiger partial charge in [-0.15, -0.1) is 0 Å². The van der Waals surface area contributed by atoms with E-state index < -0.39 is 50.2 Å². The molecule has 1 saturated heterocycles. The molecule has 4 N–H and O–H groups in total. The summed E-state index contributed by atoms with van der Waals surface area (Å²) in [5, 5.41) is 24.0. The van der Waals surface area contributed by atoms with Gasteiger partial charge in [-0.1, -0.05) is 32.0 Å². The number of nitrogens with zero attached hydrogens (tertiary/aromatic N) is 5. The molecule has 16 heteroatoms. The van der Waals surface area contributed by atoms with Crippen molar-refractivity contribution in [1.29, 1.82) is 5.26 Å². The van der Waals surface area contributed by atoms with Gasteiger partial charge in [-0.05, 0) is 25.0 Å². The number of methoxy groups -OCH3 is 2. The van der Waals surface area contributed by atoms with E-state index in [4.69, 9.17) is 29.0 Å². The predicted octanol–water partition coefficient (Wildman–Crippen LogP) is 2.20. The molecule has 3 aromatic rings. The number of imidazole rings is 1. The number of nitrogens with one attached hydrogen (secondary N) is 1. The minimum atomic E-state index is -4.28. The SMILES string of the molecule is COC(=O)[C@@H](NP(=O)(OC[C@H]1O[C@@H](n2cnc3c(OC)nc(N)nc32)[C@](C)(C#N)[C@@H]1O)Oc1ccccc1)C(C)C. The number of nitriles is 1. The summed E-state index contributed by atoms with van der Waals surface area (Å²) in [5.41, 5.74) is 4.79. The number of para-hydroxylation sites is 1. The van der Waals surface area contributed by atoms with Gasteiger partial charge in [-0.3, -0.25) is 13.9 Å². The lowest BCUT2D eigenvalue weighted by Gasteiger charge is -2.27. The molecule has 0 aliphatic carbocycles. The molecule has 1 aromatic carbocycles. The molecule has 0 spiro atoms. The highest BCUT2D eigenvalue weighted by Gasteiger charge is 2.56. The average Bonchev–Trinajstić information content (AvgIpc) is 3.48. The van der Waals surface area contributed by atoms with E-state index in [1.165, 1.54) is 32.0 Å². The van der Waals surface area contributed by atoms with Crippen molar-refractivity contribution in [3.8, 4) is 17.7 Å². The summed E-state index contributed by atoms with van der Waals surface area (Å²) in [4.78, 5) is 24.9. The summed E-state index contributed by atoms with van der Waals surface area (Å²) in [6, 6.07) is 9.29. The first-order valence-electron chi connectivity index (χ1n) is 12.6. The van der Waals surface area contributed by atoms with Gasteiger partial charge in [0, 0.05) is 0 Å². The average molecular weight is 590 g/mol. The lowest BCUT2D eigenvalue weighted by Crippen LogP contribution is -2.42. The van der Waals surface area contributed by atoms with Gasteiger partial charge in [0.05, 0.1) is 33.2 Å². The number of nitrogen functional groups attached to an aromatic ring is 1. The van der Waals surface area contributed by atoms with Crippen LogP contribution in [0.1, 0.15) is 27.0 Å². The maximum atomic E-state index is 14.0. The Morgan fingerprint density at radius 2 is 2.02 bits per heavy atom. The number of aliphatic hydroxyl groups is 1. The molecule has 0 amide bonds. The number of rotatable bonds is 11. The molecule has 15 nitrogen and oxygen atoms in total. The first-order chi connectivity index (χ1) is 19.5. The van der Waals surface area contributed by atoms with Crippen LogP contribution in [0.15, 0.2) is 36.7 Å². The van der Waals surface area contributed by atoms with E-state index in [-0.39, 0.29) is 34.7 Å². The van der Waals surface area contributed by atoms with Gasteiger partial charge in [-0.2, -0.15) is 20.3 Å². The molecular formula is C25H32N7O8P. The van der Waals surface area contributed by atoms with Gasteiger partial charge in [0.1, 0.15) is 29.4 Å². The molecule has 3 heterocycles. The summed E-state index contributed by atoms with van der Waals surface area (Å²) in [6.45, 7) is 4.48. The van der Waals surface area contributed by atoms with Crippen LogP contribution in [0.5, 0.6) is 11.6 Å². The second-order valence-corrected chi connectivity index (χ2v) is 11.5. The van der Waals surface area contributed by atoms with Crippen molar-refractivity contribution in [2.24, 2.45) is 11.3 Å². The molecule has 220 valence electrons. The Bertz CT molecular complexity index is 1480. The zero-order valence-electron chi connectivity index (χ0n) is 23.1. The molecule has 4 rings (SSSR count). The second kappa shape index (κ2) is 12.0. The van der Waals surface area contributed by atoms with Gasteiger partial charge in [0.2, 0.25) is 11.8 Å². The topological polar surface area (TPSA) is 206 Å². The van der Waals surface area contributed by atoms with E-state index in [2.05, 4.69) is 26.1 Å². The van der Waals surface area contributed by atoms with Crippen LogP contribution < -0.4 is 20.1 Å². The van der Waals surface area contributed by atoms with Crippen LogP contribution in [0.3, 0.4) is 0 Å². The minimum absolute atomic E-state index is 0.0939. The monoisotopic (exact) mass is 589 g/mol. The van der Waals surface area contributed by atoms with E-state index >= 15 is 0 Å². The van der Waals surface area contributed by atoms with Crippen molar-refractivity contribution in [2.45, 2.75) is 45.2 Å². The minimum Gasteiger partial charge on any atom is -0.479 e. The highest BCUT2D eigenvalue weighted by molar-refractivity contribution is 7.52. The van der Waals surface area contributed by atoms with Crippen LogP contribution in [-0.4, -0.2) is 69.7 Å². The number of aliphatic hydroxyl groups excluding tert-OH is 1. The molecular weight excluding hydrogens is 557 g/mol. The predicted molar refractivity (Wildman–Crippen MR) is 144 cm³/mol. The molecule has 1 aliphatic heterocycles. The normalized spacial score (nSPS) is 24.5. The van der Waals surface area contributed by atoms with Crippen LogP contribution in [0.25, 0.3) is 11.2 Å². The van der Waals surface area contributed by atoms with Crippen molar-refractivity contribution >= 4 is 30.8 Å². The number of benzene rings is 1. The molecule has 0 bridgehead atoms. The van der Waals surface area contributed by atoms with E-state index in [0.29, 0.717) is 0 Å².